The molecule has 1 heterocycles. The highest BCUT2D eigenvalue weighted by atomic mass is 32.1. The number of nitrogens with one attached hydrogen (secondary N) is 1. The highest BCUT2D eigenvalue weighted by Gasteiger charge is 2.22. The van der Waals surface area contributed by atoms with Crippen molar-refractivity contribution in [3.63, 3.8) is 0 Å². The summed E-state index contributed by atoms with van der Waals surface area (Å²) in [7, 11) is 1.60. The Bertz CT molecular complexity index is 930. The van der Waals surface area contributed by atoms with Crippen LogP contribution in [0, 0.1) is 11.3 Å². The number of methoxy groups -OCH3 is 1. The molecule has 158 valence electrons. The minimum Gasteiger partial charge on any atom is -0.497 e. The lowest BCUT2D eigenvalue weighted by Gasteiger charge is -2.09. The standard InChI is InChI=1S/C22H24N2O5S/c1-27-15-8-10-16(11-9-15)28-12-4-7-21(26)29-14-20(25)24-22-18(13-23)17-5-2-3-6-19(17)30-22/h8-11H,2-7,12,14H2,1H3,(H,24,25). The fourth-order valence-electron chi connectivity index (χ4n) is 3.23. The van der Waals surface area contributed by atoms with Gasteiger partial charge in [0.05, 0.1) is 19.3 Å². The van der Waals surface area contributed by atoms with Crippen LogP contribution in [-0.2, 0) is 27.2 Å². The molecule has 7 nitrogen and oxygen atoms in total. The lowest BCUT2D eigenvalue weighted by Crippen LogP contribution is -2.21. The zero-order chi connectivity index (χ0) is 21.3. The third-order valence-electron chi connectivity index (χ3n) is 4.75. The number of aryl methyl sites for hydroxylation is 1. The molecule has 3 rings (SSSR count). The molecule has 0 atom stereocenters. The number of carbonyl (C=O) groups excluding carboxylic acids is 2. The van der Waals surface area contributed by atoms with E-state index < -0.39 is 11.9 Å². The summed E-state index contributed by atoms with van der Waals surface area (Å²) in [4.78, 5) is 25.2. The Morgan fingerprint density at radius 1 is 1.17 bits per heavy atom. The number of nitriles is 1. The Balaban J connectivity index is 1.37. The molecule has 1 N–H and O–H groups in total. The molecule has 0 aliphatic heterocycles. The maximum absolute atomic E-state index is 12.1. The second kappa shape index (κ2) is 10.6. The number of fused-ring (bicyclic) bond motifs is 1. The third kappa shape index (κ3) is 5.74. The van der Waals surface area contributed by atoms with Crippen molar-refractivity contribution in [2.75, 3.05) is 25.6 Å². The van der Waals surface area contributed by atoms with E-state index in [1.807, 2.05) is 0 Å². The molecular formula is C22H24N2O5S. The fourth-order valence-corrected chi connectivity index (χ4v) is 4.49. The molecule has 8 heteroatoms. The molecule has 30 heavy (non-hydrogen) atoms. The summed E-state index contributed by atoms with van der Waals surface area (Å²) >= 11 is 1.45. The topological polar surface area (TPSA) is 97.7 Å². The second-order valence-corrected chi connectivity index (χ2v) is 7.97. The highest BCUT2D eigenvalue weighted by molar-refractivity contribution is 7.16. The number of benzene rings is 1. The zero-order valence-electron chi connectivity index (χ0n) is 16.9. The van der Waals surface area contributed by atoms with Gasteiger partial charge in [0.25, 0.3) is 5.91 Å². The van der Waals surface area contributed by atoms with E-state index in [9.17, 15) is 14.9 Å². The Morgan fingerprint density at radius 3 is 2.63 bits per heavy atom. The monoisotopic (exact) mass is 428 g/mol. The first-order valence-electron chi connectivity index (χ1n) is 9.87. The molecule has 0 spiro atoms. The van der Waals surface area contributed by atoms with E-state index in [1.165, 1.54) is 16.2 Å². The van der Waals surface area contributed by atoms with Gasteiger partial charge in [0.2, 0.25) is 0 Å². The maximum atomic E-state index is 12.1. The van der Waals surface area contributed by atoms with Crippen LogP contribution in [-0.4, -0.2) is 32.2 Å². The largest absolute Gasteiger partial charge is 0.497 e. The van der Waals surface area contributed by atoms with Crippen LogP contribution in [0.2, 0.25) is 0 Å². The van der Waals surface area contributed by atoms with Crippen LogP contribution in [0.1, 0.15) is 41.7 Å². The predicted octanol–water partition coefficient (Wildman–Crippen LogP) is 3.85. The Hall–Kier alpha value is -3.05. The summed E-state index contributed by atoms with van der Waals surface area (Å²) in [5.74, 6) is 0.534. The highest BCUT2D eigenvalue weighted by Crippen LogP contribution is 2.37. The van der Waals surface area contributed by atoms with Crippen molar-refractivity contribution >= 4 is 28.2 Å². The minimum absolute atomic E-state index is 0.153. The lowest BCUT2D eigenvalue weighted by atomic mass is 9.96. The van der Waals surface area contributed by atoms with Crippen LogP contribution in [0.25, 0.3) is 0 Å². The summed E-state index contributed by atoms with van der Waals surface area (Å²) in [5.41, 5.74) is 1.60. The van der Waals surface area contributed by atoms with Crippen LogP contribution < -0.4 is 14.8 Å². The van der Waals surface area contributed by atoms with Gasteiger partial charge in [0, 0.05) is 11.3 Å². The van der Waals surface area contributed by atoms with Crippen LogP contribution in [0.15, 0.2) is 24.3 Å². The summed E-state index contributed by atoms with van der Waals surface area (Å²) in [5, 5.41) is 12.7. The molecule has 0 saturated carbocycles. The van der Waals surface area contributed by atoms with Crippen molar-refractivity contribution < 1.29 is 23.8 Å². The maximum Gasteiger partial charge on any atom is 0.306 e. The molecule has 1 amide bonds. The first-order valence-corrected chi connectivity index (χ1v) is 10.7. The molecule has 0 unspecified atom stereocenters. The summed E-state index contributed by atoms with van der Waals surface area (Å²) in [6.07, 6.45) is 4.61. The van der Waals surface area contributed by atoms with Gasteiger partial charge in [-0.25, -0.2) is 0 Å². The summed E-state index contributed by atoms with van der Waals surface area (Å²) in [6.45, 7) is -0.00842. The number of nitrogens with zero attached hydrogens (tertiary/aromatic N) is 1. The van der Waals surface area contributed by atoms with Gasteiger partial charge < -0.3 is 19.5 Å². The molecule has 1 aliphatic carbocycles. The molecule has 1 aliphatic rings. The lowest BCUT2D eigenvalue weighted by molar-refractivity contribution is -0.147. The average Bonchev–Trinajstić information content (AvgIpc) is 3.12. The zero-order valence-corrected chi connectivity index (χ0v) is 17.7. The van der Waals surface area contributed by atoms with Crippen LogP contribution in [0.4, 0.5) is 5.00 Å². The molecule has 1 aromatic heterocycles. The van der Waals surface area contributed by atoms with Gasteiger partial charge in [-0.3, -0.25) is 9.59 Å². The van der Waals surface area contributed by atoms with Gasteiger partial charge in [-0.2, -0.15) is 5.26 Å². The SMILES string of the molecule is COc1ccc(OCCCC(=O)OCC(=O)Nc2sc3c(c2C#N)CCCC3)cc1. The smallest absolute Gasteiger partial charge is 0.306 e. The Kier molecular flexibility index (Phi) is 7.69. The molecule has 0 saturated heterocycles. The van der Waals surface area contributed by atoms with Crippen molar-refractivity contribution in [3.8, 4) is 17.6 Å². The van der Waals surface area contributed by atoms with Gasteiger partial charge >= 0.3 is 5.97 Å². The third-order valence-corrected chi connectivity index (χ3v) is 5.96. The Morgan fingerprint density at radius 2 is 1.90 bits per heavy atom. The van der Waals surface area contributed by atoms with Gasteiger partial charge in [0.1, 0.15) is 22.6 Å². The molecule has 0 radical (unpaired) electrons. The van der Waals surface area contributed by atoms with E-state index in [2.05, 4.69) is 11.4 Å². The second-order valence-electron chi connectivity index (χ2n) is 6.86. The van der Waals surface area contributed by atoms with E-state index in [-0.39, 0.29) is 13.0 Å². The molecule has 0 bridgehead atoms. The number of esters is 1. The number of rotatable bonds is 9. The molecule has 1 aromatic carbocycles. The van der Waals surface area contributed by atoms with E-state index >= 15 is 0 Å². The van der Waals surface area contributed by atoms with Gasteiger partial charge in [-0.1, -0.05) is 0 Å². The predicted molar refractivity (Wildman–Crippen MR) is 113 cm³/mol. The number of hydrogen-bond donors (Lipinski definition) is 1. The summed E-state index contributed by atoms with van der Waals surface area (Å²) in [6, 6.07) is 9.37. The number of anilines is 1. The van der Waals surface area contributed by atoms with E-state index in [0.29, 0.717) is 29.3 Å². The summed E-state index contributed by atoms with van der Waals surface area (Å²) < 4.78 is 15.7. The van der Waals surface area contributed by atoms with Crippen molar-refractivity contribution in [2.24, 2.45) is 0 Å². The molecule has 2 aromatic rings. The van der Waals surface area contributed by atoms with Gasteiger partial charge in [-0.05, 0) is 61.9 Å². The number of thiophene rings is 1. The number of hydrogen-bond acceptors (Lipinski definition) is 7. The fraction of sp³-hybridized carbons (Fsp3) is 0.409. The molecular weight excluding hydrogens is 404 g/mol. The minimum atomic E-state index is -0.463. The van der Waals surface area contributed by atoms with Crippen molar-refractivity contribution in [3.05, 3.63) is 40.3 Å². The number of carbonyl (C=O) groups is 2. The van der Waals surface area contributed by atoms with Crippen molar-refractivity contribution in [2.45, 2.75) is 38.5 Å². The van der Waals surface area contributed by atoms with Crippen LogP contribution in [0.5, 0.6) is 11.5 Å². The Labute approximate surface area is 179 Å². The van der Waals surface area contributed by atoms with Gasteiger partial charge in [0.15, 0.2) is 6.61 Å². The van der Waals surface area contributed by atoms with Crippen molar-refractivity contribution in [1.82, 2.24) is 0 Å². The first kappa shape index (κ1) is 21.7. The first-order chi connectivity index (χ1) is 14.6. The molecule has 0 fully saturated rings. The van der Waals surface area contributed by atoms with Crippen LogP contribution >= 0.6 is 11.3 Å². The number of amides is 1. The van der Waals surface area contributed by atoms with Crippen LogP contribution in [0.3, 0.4) is 0 Å². The van der Waals surface area contributed by atoms with E-state index in [4.69, 9.17) is 14.2 Å². The average molecular weight is 429 g/mol. The van der Waals surface area contributed by atoms with Crippen molar-refractivity contribution in [1.29, 1.82) is 5.26 Å². The normalized spacial score (nSPS) is 12.4. The quantitative estimate of drug-likeness (QED) is 0.481. The van der Waals surface area contributed by atoms with E-state index in [1.54, 1.807) is 31.4 Å². The van der Waals surface area contributed by atoms with Gasteiger partial charge in [-0.15, -0.1) is 11.3 Å². The van der Waals surface area contributed by atoms with E-state index in [0.717, 1.165) is 37.0 Å². The number of ether oxygens (including phenoxy) is 3.